The Morgan fingerprint density at radius 3 is 0.981 bits per heavy atom. The molecule has 1 spiro atoms. The molecular formula is C49H36N2P2. The second kappa shape index (κ2) is 12.1. The third-order valence-corrected chi connectivity index (χ3v) is 18.4. The Labute approximate surface area is 311 Å². The summed E-state index contributed by atoms with van der Waals surface area (Å²) in [6, 6.07) is 65.8. The summed E-state index contributed by atoms with van der Waals surface area (Å²) in [6.45, 7) is -4.67. The molecule has 6 aromatic carbocycles. The molecule has 2 nitrogen and oxygen atoms in total. The number of hydrogen-bond acceptors (Lipinski definition) is 2. The van der Waals surface area contributed by atoms with Crippen LogP contribution in [0.4, 0.5) is 0 Å². The fourth-order valence-corrected chi connectivity index (χ4v) is 14.6. The molecule has 0 amide bonds. The molecule has 4 heteroatoms. The average molecular weight is 715 g/mol. The van der Waals surface area contributed by atoms with Gasteiger partial charge in [-0.05, 0) is 69.4 Å². The van der Waals surface area contributed by atoms with Crippen molar-refractivity contribution >= 4 is 58.2 Å². The average Bonchev–Trinajstić information content (AvgIpc) is 3.71. The van der Waals surface area contributed by atoms with E-state index in [1.165, 1.54) is 54.6 Å². The van der Waals surface area contributed by atoms with Gasteiger partial charge in [-0.15, -0.1) is 0 Å². The van der Waals surface area contributed by atoms with Crippen LogP contribution in [-0.2, 0) is 5.41 Å². The summed E-state index contributed by atoms with van der Waals surface area (Å²) in [5, 5.41) is 7.20. The molecule has 8 aromatic rings. The molecule has 0 atom stereocenters. The maximum absolute atomic E-state index is 5.41. The summed E-state index contributed by atoms with van der Waals surface area (Å²) in [5.74, 6) is 0. The van der Waals surface area contributed by atoms with E-state index in [9.17, 15) is 0 Å². The third kappa shape index (κ3) is 4.47. The predicted molar refractivity (Wildman–Crippen MR) is 230 cm³/mol. The smallest absolute Gasteiger partial charge is 0.0937 e. The van der Waals surface area contributed by atoms with Crippen LogP contribution in [0.2, 0.25) is 0 Å². The fraction of sp³-hybridized carbons (Fsp3) is 0.0204. The molecule has 2 aromatic heterocycles. The normalized spacial score (nSPS) is 13.6. The van der Waals surface area contributed by atoms with Crippen LogP contribution in [0.25, 0.3) is 22.5 Å². The van der Waals surface area contributed by atoms with Crippen LogP contribution in [0, 0.1) is 0 Å². The lowest BCUT2D eigenvalue weighted by Crippen LogP contribution is -2.31. The van der Waals surface area contributed by atoms with Crippen LogP contribution < -0.4 is 31.8 Å². The van der Waals surface area contributed by atoms with Crippen LogP contribution in [0.3, 0.4) is 0 Å². The van der Waals surface area contributed by atoms with Crippen LogP contribution in [0.1, 0.15) is 22.3 Å². The molecule has 0 aliphatic heterocycles. The molecular weight excluding hydrogens is 679 g/mol. The van der Waals surface area contributed by atoms with Gasteiger partial charge in [-0.1, -0.05) is 182 Å². The highest BCUT2D eigenvalue weighted by Gasteiger charge is 2.53. The van der Waals surface area contributed by atoms with E-state index in [0.717, 1.165) is 22.0 Å². The second-order valence-electron chi connectivity index (χ2n) is 14.0. The molecule has 0 N–H and O–H groups in total. The molecule has 10 rings (SSSR count). The highest BCUT2D eigenvalue weighted by molar-refractivity contribution is 7.93. The standard InChI is InChI=1S/C49H36N2P2/c1-52(35-19-7-3-8-20-35,36-21-9-4-10-22-36)39-31-45-47(50-33-39)48-46(49(45)43-29-17-15-27-41(43)42-28-16-18-30-44(42)49)32-40(34-51-48)53(2,37-23-11-5-12-24-37)38-25-13-6-14-26-38/h3-34H,1-2H2. The Hall–Kier alpha value is -5.78. The fourth-order valence-electron chi connectivity index (χ4n) is 8.86. The van der Waals surface area contributed by atoms with E-state index in [0.29, 0.717) is 0 Å². The number of benzene rings is 6. The first-order valence-electron chi connectivity index (χ1n) is 18.0. The summed E-state index contributed by atoms with van der Waals surface area (Å²) in [4.78, 5) is 10.8. The Kier molecular flexibility index (Phi) is 7.31. The van der Waals surface area contributed by atoms with Gasteiger partial charge in [0, 0.05) is 34.1 Å². The molecule has 252 valence electrons. The second-order valence-corrected chi connectivity index (χ2v) is 20.3. The zero-order chi connectivity index (χ0) is 35.6. The maximum Gasteiger partial charge on any atom is 0.0937 e. The summed E-state index contributed by atoms with van der Waals surface area (Å²) >= 11 is 0. The minimum atomic E-state index is -2.33. The van der Waals surface area contributed by atoms with E-state index >= 15 is 0 Å². The summed E-state index contributed by atoms with van der Waals surface area (Å²) in [5.41, 5.74) is 8.60. The summed E-state index contributed by atoms with van der Waals surface area (Å²) in [6.07, 6.45) is 14.4. The van der Waals surface area contributed by atoms with Gasteiger partial charge >= 0.3 is 0 Å². The van der Waals surface area contributed by atoms with E-state index in [2.05, 4.69) is 194 Å². The SMILES string of the molecule is C=P(c1ccccc1)(c1ccccc1)c1cnc2c(c1)C1(c3ccccc3-c3ccccc31)c1cc(P(=C)(c3ccccc3)c3ccccc3)cnc1-2. The molecule has 2 aliphatic carbocycles. The molecule has 53 heavy (non-hydrogen) atoms. The number of rotatable bonds is 6. The molecule has 0 fully saturated rings. The van der Waals surface area contributed by atoms with Gasteiger partial charge in [-0.25, -0.2) is 0 Å². The van der Waals surface area contributed by atoms with Crippen molar-refractivity contribution < 1.29 is 0 Å². The van der Waals surface area contributed by atoms with Crippen molar-refractivity contribution in [3.63, 3.8) is 0 Å². The van der Waals surface area contributed by atoms with E-state index in [1.54, 1.807) is 0 Å². The Morgan fingerprint density at radius 2 is 0.642 bits per heavy atom. The predicted octanol–water partition coefficient (Wildman–Crippen LogP) is 8.27. The van der Waals surface area contributed by atoms with Crippen molar-refractivity contribution in [3.05, 3.63) is 217 Å². The molecule has 0 bridgehead atoms. The number of pyridine rings is 2. The first-order chi connectivity index (χ1) is 26.1. The van der Waals surface area contributed by atoms with E-state index in [-0.39, 0.29) is 0 Å². The van der Waals surface area contributed by atoms with Crippen LogP contribution in [0.15, 0.2) is 194 Å². The van der Waals surface area contributed by atoms with E-state index in [1.807, 2.05) is 0 Å². The third-order valence-electron chi connectivity index (χ3n) is 11.4. The Bertz CT molecular complexity index is 2500. The highest BCUT2D eigenvalue weighted by atomic mass is 31.2. The minimum Gasteiger partial charge on any atom is -0.254 e. The van der Waals surface area contributed by atoms with Crippen molar-refractivity contribution in [3.8, 4) is 22.5 Å². The van der Waals surface area contributed by atoms with Crippen LogP contribution in [0.5, 0.6) is 0 Å². The lowest BCUT2D eigenvalue weighted by molar-refractivity contribution is 0.791. The highest BCUT2D eigenvalue weighted by Crippen LogP contribution is 2.62. The molecule has 2 aliphatic rings. The number of aromatic nitrogens is 2. The van der Waals surface area contributed by atoms with Crippen molar-refractivity contribution in [1.29, 1.82) is 0 Å². The summed E-state index contributed by atoms with van der Waals surface area (Å²) < 4.78 is 0. The monoisotopic (exact) mass is 714 g/mol. The minimum absolute atomic E-state index is 0.625. The van der Waals surface area contributed by atoms with Gasteiger partial charge in [0.05, 0.1) is 16.8 Å². The van der Waals surface area contributed by atoms with Gasteiger partial charge in [0.2, 0.25) is 0 Å². The van der Waals surface area contributed by atoms with Crippen LogP contribution in [-0.4, -0.2) is 22.6 Å². The van der Waals surface area contributed by atoms with Gasteiger partial charge in [0.1, 0.15) is 0 Å². The first-order valence-corrected chi connectivity index (χ1v) is 21.9. The largest absolute Gasteiger partial charge is 0.254 e. The van der Waals surface area contributed by atoms with Gasteiger partial charge < -0.3 is 0 Å². The van der Waals surface area contributed by atoms with Crippen molar-refractivity contribution in [1.82, 2.24) is 9.97 Å². The van der Waals surface area contributed by atoms with Crippen LogP contribution >= 0.6 is 13.8 Å². The van der Waals surface area contributed by atoms with E-state index in [4.69, 9.17) is 22.6 Å². The molecule has 2 heterocycles. The quantitative estimate of drug-likeness (QED) is 0.162. The number of nitrogens with zero attached hydrogens (tertiary/aromatic N) is 2. The number of hydrogen-bond donors (Lipinski definition) is 0. The first kappa shape index (κ1) is 31.9. The zero-order valence-electron chi connectivity index (χ0n) is 29.2. The van der Waals surface area contributed by atoms with E-state index < -0.39 is 19.2 Å². The van der Waals surface area contributed by atoms with Gasteiger partial charge in [-0.2, -0.15) is 0 Å². The van der Waals surface area contributed by atoms with Crippen molar-refractivity contribution in [2.45, 2.75) is 5.41 Å². The van der Waals surface area contributed by atoms with Crippen molar-refractivity contribution in [2.24, 2.45) is 0 Å². The topological polar surface area (TPSA) is 25.8 Å². The molecule has 0 unspecified atom stereocenters. The van der Waals surface area contributed by atoms with Gasteiger partial charge in [-0.3, -0.25) is 9.97 Å². The maximum atomic E-state index is 5.41. The van der Waals surface area contributed by atoms with Gasteiger partial charge in [0.15, 0.2) is 0 Å². The molecule has 0 saturated heterocycles. The zero-order valence-corrected chi connectivity index (χ0v) is 31.0. The van der Waals surface area contributed by atoms with Gasteiger partial charge in [0.25, 0.3) is 0 Å². The molecule has 0 radical (unpaired) electrons. The lowest BCUT2D eigenvalue weighted by Gasteiger charge is -2.33. The van der Waals surface area contributed by atoms with Crippen molar-refractivity contribution in [2.75, 3.05) is 0 Å². The lowest BCUT2D eigenvalue weighted by atomic mass is 9.71. The molecule has 0 saturated carbocycles. The Morgan fingerprint density at radius 1 is 0.340 bits per heavy atom. The Balaban J connectivity index is 1.30. The summed E-state index contributed by atoms with van der Waals surface area (Å²) in [7, 11) is 0. The number of fused-ring (bicyclic) bond motifs is 10.